The van der Waals surface area contributed by atoms with E-state index in [-0.39, 0.29) is 0 Å². The normalized spacial score (nSPS) is 19.5. The average Bonchev–Trinajstić information content (AvgIpc) is 2.85. The van der Waals surface area contributed by atoms with Crippen LogP contribution < -0.4 is 10.6 Å². The summed E-state index contributed by atoms with van der Waals surface area (Å²) in [5, 5.41) is 0. The zero-order chi connectivity index (χ0) is 11.7. The lowest BCUT2D eigenvalue weighted by molar-refractivity contribution is 0.571. The standard InChI is InChI=1S/C14H21N3/c15-10-12-9-11-5-4-6-13(11)16-14(12)17-7-2-1-3-8-17/h9H,1-8,10,15H2. The fourth-order valence-electron chi connectivity index (χ4n) is 3.04. The van der Waals surface area contributed by atoms with Gasteiger partial charge in [-0.25, -0.2) is 4.98 Å². The summed E-state index contributed by atoms with van der Waals surface area (Å²) < 4.78 is 0. The van der Waals surface area contributed by atoms with Crippen LogP contribution in [0.3, 0.4) is 0 Å². The van der Waals surface area contributed by atoms with E-state index in [9.17, 15) is 0 Å². The Kier molecular flexibility index (Phi) is 3.02. The lowest BCUT2D eigenvalue weighted by atomic mass is 10.1. The summed E-state index contributed by atoms with van der Waals surface area (Å²) in [6.45, 7) is 2.92. The molecule has 0 amide bonds. The van der Waals surface area contributed by atoms with Gasteiger partial charge in [-0.15, -0.1) is 0 Å². The van der Waals surface area contributed by atoms with Gasteiger partial charge in [0.05, 0.1) is 0 Å². The predicted octanol–water partition coefficient (Wildman–Crippen LogP) is 2.02. The van der Waals surface area contributed by atoms with Crippen molar-refractivity contribution in [3.8, 4) is 0 Å². The first kappa shape index (κ1) is 11.0. The number of hydrogen-bond donors (Lipinski definition) is 1. The van der Waals surface area contributed by atoms with Crippen LogP contribution in [0.4, 0.5) is 5.82 Å². The summed E-state index contributed by atoms with van der Waals surface area (Å²) in [4.78, 5) is 7.33. The molecule has 0 spiro atoms. The summed E-state index contributed by atoms with van der Waals surface area (Å²) in [6.07, 6.45) is 7.55. The highest BCUT2D eigenvalue weighted by atomic mass is 15.2. The van der Waals surface area contributed by atoms with Gasteiger partial charge >= 0.3 is 0 Å². The second-order valence-electron chi connectivity index (χ2n) is 5.18. The molecular formula is C14H21N3. The molecule has 1 aliphatic heterocycles. The van der Waals surface area contributed by atoms with Crippen LogP contribution in [0.5, 0.6) is 0 Å². The Balaban J connectivity index is 1.96. The number of fused-ring (bicyclic) bond motifs is 1. The minimum atomic E-state index is 0.617. The summed E-state index contributed by atoms with van der Waals surface area (Å²) in [6, 6.07) is 2.30. The lowest BCUT2D eigenvalue weighted by Crippen LogP contribution is -2.31. The third-order valence-electron chi connectivity index (χ3n) is 3.98. The minimum Gasteiger partial charge on any atom is -0.356 e. The maximum atomic E-state index is 5.88. The van der Waals surface area contributed by atoms with Gasteiger partial charge in [-0.2, -0.15) is 0 Å². The Morgan fingerprint density at radius 3 is 2.71 bits per heavy atom. The molecule has 0 bridgehead atoms. The fraction of sp³-hybridized carbons (Fsp3) is 0.643. The maximum absolute atomic E-state index is 5.88. The van der Waals surface area contributed by atoms with Gasteiger partial charge in [-0.3, -0.25) is 0 Å². The van der Waals surface area contributed by atoms with E-state index >= 15 is 0 Å². The van der Waals surface area contributed by atoms with Crippen molar-refractivity contribution in [1.29, 1.82) is 0 Å². The Hall–Kier alpha value is -1.09. The molecule has 0 aromatic carbocycles. The zero-order valence-electron chi connectivity index (χ0n) is 10.4. The zero-order valence-corrected chi connectivity index (χ0v) is 10.4. The molecular weight excluding hydrogens is 210 g/mol. The van der Waals surface area contributed by atoms with Gasteiger partial charge in [0.2, 0.25) is 0 Å². The lowest BCUT2D eigenvalue weighted by Gasteiger charge is -2.29. The van der Waals surface area contributed by atoms with Crippen LogP contribution in [-0.2, 0) is 19.4 Å². The first-order valence-electron chi connectivity index (χ1n) is 6.85. The predicted molar refractivity (Wildman–Crippen MR) is 70.2 cm³/mol. The van der Waals surface area contributed by atoms with Crippen LogP contribution in [0.25, 0.3) is 0 Å². The molecule has 1 aromatic heterocycles. The van der Waals surface area contributed by atoms with E-state index in [1.807, 2.05) is 0 Å². The third-order valence-corrected chi connectivity index (χ3v) is 3.98. The van der Waals surface area contributed by atoms with Crippen LogP contribution in [0.15, 0.2) is 6.07 Å². The maximum Gasteiger partial charge on any atom is 0.133 e. The molecule has 1 saturated heterocycles. The number of aromatic nitrogens is 1. The Morgan fingerprint density at radius 1 is 1.12 bits per heavy atom. The van der Waals surface area contributed by atoms with E-state index < -0.39 is 0 Å². The number of pyridine rings is 1. The fourth-order valence-corrected chi connectivity index (χ4v) is 3.04. The van der Waals surface area contributed by atoms with Crippen LogP contribution in [-0.4, -0.2) is 18.1 Å². The van der Waals surface area contributed by atoms with Crippen molar-refractivity contribution >= 4 is 5.82 Å². The molecule has 2 aliphatic rings. The quantitative estimate of drug-likeness (QED) is 0.846. The first-order chi connectivity index (χ1) is 8.38. The highest BCUT2D eigenvalue weighted by Crippen LogP contribution is 2.28. The monoisotopic (exact) mass is 231 g/mol. The largest absolute Gasteiger partial charge is 0.356 e. The number of nitrogens with two attached hydrogens (primary N) is 1. The molecule has 0 atom stereocenters. The van der Waals surface area contributed by atoms with Gasteiger partial charge in [0, 0.05) is 30.9 Å². The average molecular weight is 231 g/mol. The molecule has 2 heterocycles. The molecule has 17 heavy (non-hydrogen) atoms. The van der Waals surface area contributed by atoms with Gasteiger partial charge in [-0.05, 0) is 50.2 Å². The van der Waals surface area contributed by atoms with Crippen molar-refractivity contribution < 1.29 is 0 Å². The van der Waals surface area contributed by atoms with E-state index in [0.29, 0.717) is 6.54 Å². The van der Waals surface area contributed by atoms with E-state index in [0.717, 1.165) is 19.5 Å². The minimum absolute atomic E-state index is 0.617. The summed E-state index contributed by atoms with van der Waals surface area (Å²) in [5.74, 6) is 1.17. The molecule has 2 N–H and O–H groups in total. The highest BCUT2D eigenvalue weighted by molar-refractivity contribution is 5.51. The molecule has 0 radical (unpaired) electrons. The molecule has 3 rings (SSSR count). The van der Waals surface area contributed by atoms with Crippen LogP contribution in [0.2, 0.25) is 0 Å². The van der Waals surface area contributed by atoms with Crippen LogP contribution >= 0.6 is 0 Å². The topological polar surface area (TPSA) is 42.1 Å². The molecule has 1 aliphatic carbocycles. The summed E-state index contributed by atoms with van der Waals surface area (Å²) >= 11 is 0. The number of aryl methyl sites for hydroxylation is 2. The SMILES string of the molecule is NCc1cc2c(nc1N1CCCCC1)CCC2. The molecule has 1 fully saturated rings. The van der Waals surface area contributed by atoms with Crippen molar-refractivity contribution in [2.75, 3.05) is 18.0 Å². The van der Waals surface area contributed by atoms with Gasteiger partial charge in [-0.1, -0.05) is 0 Å². The van der Waals surface area contributed by atoms with E-state index in [1.54, 1.807) is 0 Å². The Morgan fingerprint density at radius 2 is 1.94 bits per heavy atom. The second-order valence-corrected chi connectivity index (χ2v) is 5.18. The number of piperidine rings is 1. The summed E-state index contributed by atoms with van der Waals surface area (Å²) in [5.41, 5.74) is 9.89. The van der Waals surface area contributed by atoms with Gasteiger partial charge in [0.1, 0.15) is 5.82 Å². The van der Waals surface area contributed by atoms with Gasteiger partial charge < -0.3 is 10.6 Å². The van der Waals surface area contributed by atoms with Gasteiger partial charge in [0.25, 0.3) is 0 Å². The number of nitrogens with zero attached hydrogens (tertiary/aromatic N) is 2. The number of anilines is 1. The third kappa shape index (κ3) is 2.04. The Bertz CT molecular complexity index is 408. The van der Waals surface area contributed by atoms with Crippen LogP contribution in [0, 0.1) is 0 Å². The van der Waals surface area contributed by atoms with Crippen LogP contribution in [0.1, 0.15) is 42.5 Å². The number of hydrogen-bond acceptors (Lipinski definition) is 3. The van der Waals surface area contributed by atoms with Crippen molar-refractivity contribution in [1.82, 2.24) is 4.98 Å². The first-order valence-corrected chi connectivity index (χ1v) is 6.85. The number of rotatable bonds is 2. The Labute approximate surface area is 103 Å². The van der Waals surface area contributed by atoms with Crippen molar-refractivity contribution in [2.45, 2.75) is 45.1 Å². The van der Waals surface area contributed by atoms with Crippen molar-refractivity contribution in [2.24, 2.45) is 5.73 Å². The molecule has 0 unspecified atom stereocenters. The molecule has 92 valence electrons. The van der Waals surface area contributed by atoms with E-state index in [4.69, 9.17) is 10.7 Å². The second kappa shape index (κ2) is 4.65. The van der Waals surface area contributed by atoms with Gasteiger partial charge in [0.15, 0.2) is 0 Å². The molecule has 3 nitrogen and oxygen atoms in total. The van der Waals surface area contributed by atoms with Crippen molar-refractivity contribution in [3.05, 3.63) is 22.9 Å². The summed E-state index contributed by atoms with van der Waals surface area (Å²) in [7, 11) is 0. The van der Waals surface area contributed by atoms with E-state index in [1.165, 1.54) is 54.7 Å². The molecule has 0 saturated carbocycles. The van der Waals surface area contributed by atoms with Crippen molar-refractivity contribution in [3.63, 3.8) is 0 Å². The molecule has 3 heteroatoms. The van der Waals surface area contributed by atoms with E-state index in [2.05, 4.69) is 11.0 Å². The highest BCUT2D eigenvalue weighted by Gasteiger charge is 2.20. The molecule has 1 aromatic rings. The smallest absolute Gasteiger partial charge is 0.133 e.